The molecule has 1 saturated heterocycles. The highest BCUT2D eigenvalue weighted by Crippen LogP contribution is 2.40. The van der Waals surface area contributed by atoms with Gasteiger partial charge in [-0.15, -0.1) is 0 Å². The van der Waals surface area contributed by atoms with Crippen LogP contribution in [0, 0.1) is 11.3 Å². The number of allylic oxidation sites excluding steroid dienone is 2. The zero-order chi connectivity index (χ0) is 20.1. The molecular weight excluding hydrogens is 360 g/mol. The van der Waals surface area contributed by atoms with Crippen LogP contribution < -0.4 is 10.5 Å². The first-order valence-electron chi connectivity index (χ1n) is 9.38. The Balaban J connectivity index is 1.89. The van der Waals surface area contributed by atoms with E-state index in [1.165, 1.54) is 0 Å². The first-order valence-corrected chi connectivity index (χ1v) is 9.38. The molecule has 1 fully saturated rings. The van der Waals surface area contributed by atoms with E-state index in [2.05, 4.69) is 6.07 Å². The molecule has 2 atom stereocenters. The second-order valence-electron chi connectivity index (χ2n) is 6.60. The van der Waals surface area contributed by atoms with E-state index in [1.807, 2.05) is 12.1 Å². The standard InChI is InChI=1S/C21H24N2O5/c1-3-25-21(24)18-13(2)27-20(23)16(12-22)19(18)14-7-9-15(10-8-14)28-17-6-4-5-11-26-17/h7-10,17,19H,3-6,11,23H2,1-2H3. The summed E-state index contributed by atoms with van der Waals surface area (Å²) in [4.78, 5) is 12.5. The molecule has 0 bridgehead atoms. The minimum atomic E-state index is -0.655. The Bertz CT molecular complexity index is 829. The van der Waals surface area contributed by atoms with Crippen LogP contribution in [0.15, 0.2) is 47.1 Å². The lowest BCUT2D eigenvalue weighted by molar-refractivity contribution is -0.139. The molecule has 28 heavy (non-hydrogen) atoms. The van der Waals surface area contributed by atoms with Gasteiger partial charge in [0.2, 0.25) is 5.88 Å². The summed E-state index contributed by atoms with van der Waals surface area (Å²) in [5.74, 6) is -0.194. The lowest BCUT2D eigenvalue weighted by atomic mass is 9.83. The predicted molar refractivity (Wildman–Crippen MR) is 101 cm³/mol. The molecule has 7 heteroatoms. The molecule has 2 heterocycles. The van der Waals surface area contributed by atoms with E-state index in [0.29, 0.717) is 18.1 Å². The normalized spacial score (nSPS) is 22.3. The van der Waals surface area contributed by atoms with Crippen molar-refractivity contribution in [3.05, 3.63) is 52.6 Å². The van der Waals surface area contributed by atoms with E-state index in [1.54, 1.807) is 26.0 Å². The fourth-order valence-corrected chi connectivity index (χ4v) is 3.38. The van der Waals surface area contributed by atoms with Crippen molar-refractivity contribution in [2.75, 3.05) is 13.2 Å². The van der Waals surface area contributed by atoms with Crippen LogP contribution in [0.2, 0.25) is 0 Å². The van der Waals surface area contributed by atoms with Crippen LogP contribution in [0.4, 0.5) is 0 Å². The molecule has 1 aromatic carbocycles. The van der Waals surface area contributed by atoms with Crippen LogP contribution in [-0.4, -0.2) is 25.5 Å². The highest BCUT2D eigenvalue weighted by Gasteiger charge is 2.36. The summed E-state index contributed by atoms with van der Waals surface area (Å²) in [5.41, 5.74) is 7.08. The van der Waals surface area contributed by atoms with Crippen molar-refractivity contribution in [3.8, 4) is 11.8 Å². The molecule has 1 aromatic rings. The van der Waals surface area contributed by atoms with Gasteiger partial charge in [-0.2, -0.15) is 5.26 Å². The van der Waals surface area contributed by atoms with E-state index in [4.69, 9.17) is 24.7 Å². The quantitative estimate of drug-likeness (QED) is 0.777. The Morgan fingerprint density at radius 2 is 2.07 bits per heavy atom. The average molecular weight is 384 g/mol. The van der Waals surface area contributed by atoms with Crippen molar-refractivity contribution in [1.82, 2.24) is 0 Å². The average Bonchev–Trinajstić information content (AvgIpc) is 2.69. The first-order chi connectivity index (χ1) is 13.5. The minimum Gasteiger partial charge on any atom is -0.465 e. The largest absolute Gasteiger partial charge is 0.465 e. The van der Waals surface area contributed by atoms with Gasteiger partial charge in [-0.1, -0.05) is 12.1 Å². The Morgan fingerprint density at radius 1 is 1.32 bits per heavy atom. The van der Waals surface area contributed by atoms with Gasteiger partial charge in [0.15, 0.2) is 6.29 Å². The van der Waals surface area contributed by atoms with Crippen LogP contribution >= 0.6 is 0 Å². The van der Waals surface area contributed by atoms with Gasteiger partial charge in [-0.05, 0) is 44.4 Å². The molecule has 0 spiro atoms. The van der Waals surface area contributed by atoms with Crippen molar-refractivity contribution in [2.45, 2.75) is 45.3 Å². The monoisotopic (exact) mass is 384 g/mol. The third kappa shape index (κ3) is 4.12. The number of benzene rings is 1. The smallest absolute Gasteiger partial charge is 0.338 e. The SMILES string of the molecule is CCOC(=O)C1=C(C)OC(N)=C(C#N)C1c1ccc(OC2CCCCO2)cc1. The van der Waals surface area contributed by atoms with Crippen LogP contribution in [-0.2, 0) is 19.0 Å². The number of ether oxygens (including phenoxy) is 4. The lowest BCUT2D eigenvalue weighted by Gasteiger charge is -2.27. The second-order valence-corrected chi connectivity index (χ2v) is 6.60. The van der Waals surface area contributed by atoms with Gasteiger partial charge < -0.3 is 24.7 Å². The molecule has 0 aliphatic carbocycles. The molecule has 0 aromatic heterocycles. The van der Waals surface area contributed by atoms with Crippen LogP contribution in [0.5, 0.6) is 5.75 Å². The lowest BCUT2D eigenvalue weighted by Crippen LogP contribution is -2.26. The summed E-state index contributed by atoms with van der Waals surface area (Å²) in [6.07, 6.45) is 2.74. The topological polar surface area (TPSA) is 104 Å². The third-order valence-corrected chi connectivity index (χ3v) is 4.72. The van der Waals surface area contributed by atoms with Gasteiger partial charge in [0.1, 0.15) is 23.2 Å². The maximum absolute atomic E-state index is 12.5. The molecule has 3 rings (SSSR count). The molecule has 0 saturated carbocycles. The Kier molecular flexibility index (Phi) is 6.22. The van der Waals surface area contributed by atoms with Gasteiger partial charge in [-0.3, -0.25) is 0 Å². The van der Waals surface area contributed by atoms with E-state index in [-0.39, 0.29) is 29.9 Å². The molecule has 2 N–H and O–H groups in total. The maximum Gasteiger partial charge on any atom is 0.338 e. The van der Waals surface area contributed by atoms with Gasteiger partial charge in [0, 0.05) is 6.42 Å². The molecule has 0 amide bonds. The Labute approximate surface area is 164 Å². The minimum absolute atomic E-state index is 0.00557. The van der Waals surface area contributed by atoms with Crippen molar-refractivity contribution in [1.29, 1.82) is 5.26 Å². The van der Waals surface area contributed by atoms with Crippen molar-refractivity contribution in [3.63, 3.8) is 0 Å². The zero-order valence-electron chi connectivity index (χ0n) is 16.1. The fourth-order valence-electron chi connectivity index (χ4n) is 3.38. The molecule has 0 radical (unpaired) electrons. The summed E-state index contributed by atoms with van der Waals surface area (Å²) in [6.45, 7) is 4.28. The second kappa shape index (κ2) is 8.81. The Morgan fingerprint density at radius 3 is 2.68 bits per heavy atom. The summed E-state index contributed by atoms with van der Waals surface area (Å²) >= 11 is 0. The zero-order valence-corrected chi connectivity index (χ0v) is 16.1. The van der Waals surface area contributed by atoms with E-state index in [9.17, 15) is 10.1 Å². The number of hydrogen-bond donors (Lipinski definition) is 1. The number of nitrogens with two attached hydrogens (primary N) is 1. The van der Waals surface area contributed by atoms with E-state index >= 15 is 0 Å². The van der Waals surface area contributed by atoms with E-state index < -0.39 is 11.9 Å². The molecule has 2 aliphatic heterocycles. The van der Waals surface area contributed by atoms with Gasteiger partial charge in [0.25, 0.3) is 0 Å². The molecule has 2 aliphatic rings. The number of rotatable bonds is 5. The van der Waals surface area contributed by atoms with Gasteiger partial charge >= 0.3 is 5.97 Å². The highest BCUT2D eigenvalue weighted by molar-refractivity contribution is 5.92. The van der Waals surface area contributed by atoms with Crippen LogP contribution in [0.3, 0.4) is 0 Å². The number of carbonyl (C=O) groups excluding carboxylic acids is 1. The fraction of sp³-hybridized carbons (Fsp3) is 0.429. The molecular formula is C21H24N2O5. The number of nitrogens with zero attached hydrogens (tertiary/aromatic N) is 1. The number of carbonyl (C=O) groups is 1. The summed E-state index contributed by atoms with van der Waals surface area (Å²) in [7, 11) is 0. The van der Waals surface area contributed by atoms with Gasteiger partial charge in [-0.25, -0.2) is 4.79 Å². The maximum atomic E-state index is 12.5. The molecule has 7 nitrogen and oxygen atoms in total. The van der Waals surface area contributed by atoms with E-state index in [0.717, 1.165) is 24.8 Å². The summed E-state index contributed by atoms with van der Waals surface area (Å²) in [5, 5.41) is 9.60. The van der Waals surface area contributed by atoms with Crippen molar-refractivity contribution >= 4 is 5.97 Å². The predicted octanol–water partition coefficient (Wildman–Crippen LogP) is 3.24. The summed E-state index contributed by atoms with van der Waals surface area (Å²) < 4.78 is 22.0. The van der Waals surface area contributed by atoms with Crippen LogP contribution in [0.1, 0.15) is 44.6 Å². The number of esters is 1. The first kappa shape index (κ1) is 19.8. The summed E-state index contributed by atoms with van der Waals surface area (Å²) in [6, 6.07) is 9.28. The Hall–Kier alpha value is -2.98. The van der Waals surface area contributed by atoms with Crippen molar-refractivity contribution in [2.24, 2.45) is 5.73 Å². The van der Waals surface area contributed by atoms with Crippen LogP contribution in [0.25, 0.3) is 0 Å². The number of nitriles is 1. The third-order valence-electron chi connectivity index (χ3n) is 4.72. The van der Waals surface area contributed by atoms with Gasteiger partial charge in [0.05, 0.1) is 24.7 Å². The highest BCUT2D eigenvalue weighted by atomic mass is 16.7. The van der Waals surface area contributed by atoms with Crippen molar-refractivity contribution < 1.29 is 23.7 Å². The molecule has 148 valence electrons. The number of hydrogen-bond acceptors (Lipinski definition) is 7. The molecule has 2 unspecified atom stereocenters.